The minimum atomic E-state index is -1.22. The van der Waals surface area contributed by atoms with Crippen LogP contribution in [0.5, 0.6) is 11.5 Å². The van der Waals surface area contributed by atoms with E-state index in [4.69, 9.17) is 9.47 Å². The van der Waals surface area contributed by atoms with Crippen LogP contribution in [-0.4, -0.2) is 19.1 Å². The lowest BCUT2D eigenvalue weighted by Crippen LogP contribution is -2.33. The summed E-state index contributed by atoms with van der Waals surface area (Å²) in [7, 11) is 0. The number of benzene rings is 3. The maximum Gasteiger partial charge on any atom is 0.340 e. The van der Waals surface area contributed by atoms with E-state index in [-0.39, 0.29) is 0 Å². The van der Waals surface area contributed by atoms with Crippen LogP contribution in [0.3, 0.4) is 0 Å². The Labute approximate surface area is 168 Å². The van der Waals surface area contributed by atoms with E-state index < -0.39 is 17.4 Å². The molecule has 5 heteroatoms. The number of nitrogens with zero attached hydrogens (tertiary/aromatic N) is 1. The maximum absolute atomic E-state index is 14.2. The summed E-state index contributed by atoms with van der Waals surface area (Å²) in [5.41, 5.74) is 2.19. The number of hydrogen-bond acceptors (Lipinski definition) is 4. The van der Waals surface area contributed by atoms with Crippen molar-refractivity contribution < 1.29 is 18.7 Å². The van der Waals surface area contributed by atoms with Gasteiger partial charge in [0.1, 0.15) is 17.3 Å². The first kappa shape index (κ1) is 17.7. The van der Waals surface area contributed by atoms with Crippen molar-refractivity contribution in [2.75, 3.05) is 18.0 Å². The Morgan fingerprint density at radius 2 is 1.69 bits per heavy atom. The molecule has 2 aliphatic heterocycles. The van der Waals surface area contributed by atoms with E-state index >= 15 is 0 Å². The summed E-state index contributed by atoms with van der Waals surface area (Å²) in [4.78, 5) is 15.0. The fraction of sp³-hybridized carbons (Fsp3) is 0.208. The van der Waals surface area contributed by atoms with E-state index in [0.29, 0.717) is 33.8 Å². The van der Waals surface area contributed by atoms with Gasteiger partial charge in [-0.3, -0.25) is 0 Å². The lowest BCUT2D eigenvalue weighted by atomic mass is 9.77. The number of anilines is 1. The van der Waals surface area contributed by atoms with Crippen LogP contribution >= 0.6 is 0 Å². The Hall–Kier alpha value is -3.34. The number of ether oxygens (including phenoxy) is 2. The molecule has 3 aromatic rings. The van der Waals surface area contributed by atoms with Crippen LogP contribution in [0.25, 0.3) is 0 Å². The lowest BCUT2D eigenvalue weighted by molar-refractivity contribution is 0.0223. The van der Waals surface area contributed by atoms with Gasteiger partial charge in [0.25, 0.3) is 0 Å². The molecule has 1 atom stereocenters. The van der Waals surface area contributed by atoms with Crippen molar-refractivity contribution in [3.05, 3.63) is 88.7 Å². The number of halogens is 1. The van der Waals surface area contributed by atoms with E-state index in [1.54, 1.807) is 18.2 Å². The fourth-order valence-electron chi connectivity index (χ4n) is 4.42. The summed E-state index contributed by atoms with van der Waals surface area (Å²) in [6, 6.07) is 17.5. The Balaban J connectivity index is 1.81. The number of carbonyl (C=O) groups excluding carboxylic acids is 1. The van der Waals surface area contributed by atoms with Gasteiger partial charge >= 0.3 is 5.97 Å². The van der Waals surface area contributed by atoms with E-state index in [9.17, 15) is 9.18 Å². The van der Waals surface area contributed by atoms with Gasteiger partial charge in [-0.15, -0.1) is 0 Å². The average Bonchev–Trinajstić information content (AvgIpc) is 3.03. The highest BCUT2D eigenvalue weighted by molar-refractivity contribution is 5.97. The highest BCUT2D eigenvalue weighted by Crippen LogP contribution is 2.56. The Morgan fingerprint density at radius 3 is 2.48 bits per heavy atom. The summed E-state index contributed by atoms with van der Waals surface area (Å²) in [5.74, 6) is 0.268. The van der Waals surface area contributed by atoms with Crippen molar-refractivity contribution >= 4 is 11.7 Å². The third kappa shape index (κ3) is 2.40. The Kier molecular flexibility index (Phi) is 3.88. The zero-order valence-corrected chi connectivity index (χ0v) is 16.2. The topological polar surface area (TPSA) is 38.8 Å². The summed E-state index contributed by atoms with van der Waals surface area (Å²) in [6.07, 6.45) is 0. The highest BCUT2D eigenvalue weighted by Gasteiger charge is 2.53. The van der Waals surface area contributed by atoms with E-state index in [1.165, 1.54) is 12.1 Å². The molecule has 0 bridgehead atoms. The second-order valence-corrected chi connectivity index (χ2v) is 7.21. The molecule has 0 fully saturated rings. The zero-order chi connectivity index (χ0) is 20.2. The molecule has 1 spiro atoms. The first-order valence-corrected chi connectivity index (χ1v) is 9.78. The molecule has 0 aliphatic carbocycles. The normalized spacial score (nSPS) is 18.5. The van der Waals surface area contributed by atoms with E-state index in [2.05, 4.69) is 18.7 Å². The first-order chi connectivity index (χ1) is 14.1. The van der Waals surface area contributed by atoms with Crippen LogP contribution in [0.2, 0.25) is 0 Å². The van der Waals surface area contributed by atoms with Crippen molar-refractivity contribution in [1.82, 2.24) is 0 Å². The largest absolute Gasteiger partial charge is 0.456 e. The molecule has 0 aromatic heterocycles. The Morgan fingerprint density at radius 1 is 0.897 bits per heavy atom. The molecule has 29 heavy (non-hydrogen) atoms. The summed E-state index contributed by atoms with van der Waals surface area (Å²) >= 11 is 0. The van der Waals surface area contributed by atoms with Gasteiger partial charge in [-0.05, 0) is 50.2 Å². The van der Waals surface area contributed by atoms with Crippen molar-refractivity contribution in [3.63, 3.8) is 0 Å². The Bertz CT molecular complexity index is 1140. The molecule has 4 nitrogen and oxygen atoms in total. The standard InChI is InChI=1S/C24H20FNO3/c1-3-26(4-2)16-10-11-19-22(14-16)28-21-12-9-15(25)13-20(21)24(19)18-8-6-5-7-17(18)23(27)29-24/h5-14H,3-4H2,1-2H3. The van der Waals surface area contributed by atoms with Crippen molar-refractivity contribution in [1.29, 1.82) is 0 Å². The summed E-state index contributed by atoms with van der Waals surface area (Å²) in [5, 5.41) is 0. The smallest absolute Gasteiger partial charge is 0.340 e. The minimum absolute atomic E-state index is 0.407. The molecular weight excluding hydrogens is 369 g/mol. The van der Waals surface area contributed by atoms with Crippen LogP contribution in [0.1, 0.15) is 40.9 Å². The second-order valence-electron chi connectivity index (χ2n) is 7.21. The van der Waals surface area contributed by atoms with Crippen LogP contribution in [0.4, 0.5) is 10.1 Å². The predicted octanol–water partition coefficient (Wildman–Crippen LogP) is 5.24. The molecule has 146 valence electrons. The van der Waals surface area contributed by atoms with Gasteiger partial charge in [0, 0.05) is 36.0 Å². The number of hydrogen-bond donors (Lipinski definition) is 0. The summed E-state index contributed by atoms with van der Waals surface area (Å²) in [6.45, 7) is 5.91. The zero-order valence-electron chi connectivity index (χ0n) is 16.2. The van der Waals surface area contributed by atoms with E-state index in [1.807, 2.05) is 30.3 Å². The summed E-state index contributed by atoms with van der Waals surface area (Å²) < 4.78 is 26.4. The fourth-order valence-corrected chi connectivity index (χ4v) is 4.42. The van der Waals surface area contributed by atoms with Gasteiger partial charge in [-0.25, -0.2) is 9.18 Å². The van der Waals surface area contributed by atoms with Gasteiger partial charge < -0.3 is 14.4 Å². The molecule has 2 heterocycles. The third-order valence-corrected chi connectivity index (χ3v) is 5.79. The van der Waals surface area contributed by atoms with Crippen molar-refractivity contribution in [3.8, 4) is 11.5 Å². The highest BCUT2D eigenvalue weighted by atomic mass is 19.1. The van der Waals surface area contributed by atoms with E-state index in [0.717, 1.165) is 18.8 Å². The molecule has 3 aromatic carbocycles. The van der Waals surface area contributed by atoms with Crippen molar-refractivity contribution in [2.45, 2.75) is 19.4 Å². The minimum Gasteiger partial charge on any atom is -0.456 e. The molecule has 0 saturated heterocycles. The SMILES string of the molecule is CCN(CC)c1ccc2c(c1)Oc1ccc(F)cc1C21OC(=O)c2ccccc21. The number of rotatable bonds is 3. The quantitative estimate of drug-likeness (QED) is 0.574. The van der Waals surface area contributed by atoms with Crippen LogP contribution < -0.4 is 9.64 Å². The van der Waals surface area contributed by atoms with Gasteiger partial charge in [-0.2, -0.15) is 0 Å². The maximum atomic E-state index is 14.2. The van der Waals surface area contributed by atoms with Gasteiger partial charge in [-0.1, -0.05) is 18.2 Å². The molecule has 0 saturated carbocycles. The van der Waals surface area contributed by atoms with Gasteiger partial charge in [0.2, 0.25) is 0 Å². The van der Waals surface area contributed by atoms with Crippen LogP contribution in [-0.2, 0) is 10.3 Å². The van der Waals surface area contributed by atoms with Crippen LogP contribution in [0, 0.1) is 5.82 Å². The number of fused-ring (bicyclic) bond motifs is 6. The van der Waals surface area contributed by atoms with Gasteiger partial charge in [0.15, 0.2) is 5.60 Å². The number of esters is 1. The number of carbonyl (C=O) groups is 1. The molecule has 2 aliphatic rings. The first-order valence-electron chi connectivity index (χ1n) is 9.78. The third-order valence-electron chi connectivity index (χ3n) is 5.79. The molecule has 5 rings (SSSR count). The molecule has 1 unspecified atom stereocenters. The second kappa shape index (κ2) is 6.34. The lowest BCUT2D eigenvalue weighted by Gasteiger charge is -2.37. The van der Waals surface area contributed by atoms with Crippen molar-refractivity contribution in [2.24, 2.45) is 0 Å². The molecule has 0 N–H and O–H groups in total. The monoisotopic (exact) mass is 389 g/mol. The molecular formula is C24H20FNO3. The molecule has 0 amide bonds. The predicted molar refractivity (Wildman–Crippen MR) is 108 cm³/mol. The van der Waals surface area contributed by atoms with Gasteiger partial charge in [0.05, 0.1) is 11.1 Å². The molecule has 0 radical (unpaired) electrons. The van der Waals surface area contributed by atoms with Crippen LogP contribution in [0.15, 0.2) is 60.7 Å². The average molecular weight is 389 g/mol.